The molecule has 0 aromatic heterocycles. The van der Waals surface area contributed by atoms with Crippen molar-refractivity contribution in [3.05, 3.63) is 29.6 Å². The zero-order valence-corrected chi connectivity index (χ0v) is 12.4. The summed E-state index contributed by atoms with van der Waals surface area (Å²) in [6.45, 7) is -3.24. The third kappa shape index (κ3) is 2.90. The molecule has 0 unspecified atom stereocenters. The molecule has 82 valence electrons. The summed E-state index contributed by atoms with van der Waals surface area (Å²) in [6, 6.07) is 2.69. The van der Waals surface area contributed by atoms with Gasteiger partial charge in [0.2, 0.25) is 0 Å². The quantitative estimate of drug-likeness (QED) is 0.513. The van der Waals surface area contributed by atoms with Crippen molar-refractivity contribution < 1.29 is 68.7 Å². The van der Waals surface area contributed by atoms with Gasteiger partial charge in [-0.15, -0.1) is 5.46 Å². The van der Waals surface area contributed by atoms with Crippen LogP contribution < -0.4 is 56.8 Å². The average molecular weight is 256 g/mol. The second-order valence-electron chi connectivity index (χ2n) is 4.37. The van der Waals surface area contributed by atoms with Crippen LogP contribution >= 0.6 is 0 Å². The molecule has 2 rings (SSSR count). The SMILES string of the molecule is CC1(c2cc([B-](F)(F)F)ccc2F)CC1.[K+]. The molecule has 1 aliphatic rings. The normalized spacial score (nSPS) is 17.8. The summed E-state index contributed by atoms with van der Waals surface area (Å²) < 4.78 is 50.7. The van der Waals surface area contributed by atoms with Crippen LogP contribution in [0.25, 0.3) is 0 Å². The average Bonchev–Trinajstić information content (AvgIpc) is 2.83. The van der Waals surface area contributed by atoms with Crippen molar-refractivity contribution >= 4 is 12.4 Å². The van der Waals surface area contributed by atoms with Gasteiger partial charge < -0.3 is 12.9 Å². The molecule has 1 aromatic rings. The van der Waals surface area contributed by atoms with Crippen molar-refractivity contribution in [1.29, 1.82) is 0 Å². The van der Waals surface area contributed by atoms with Crippen molar-refractivity contribution in [3.63, 3.8) is 0 Å². The molecule has 1 saturated carbocycles. The van der Waals surface area contributed by atoms with Gasteiger partial charge in [-0.1, -0.05) is 19.1 Å². The summed E-state index contributed by atoms with van der Waals surface area (Å²) in [7, 11) is 0. The van der Waals surface area contributed by atoms with Crippen LogP contribution in [-0.4, -0.2) is 6.98 Å². The molecule has 1 aromatic carbocycles. The Labute approximate surface area is 134 Å². The van der Waals surface area contributed by atoms with E-state index in [1.54, 1.807) is 6.92 Å². The van der Waals surface area contributed by atoms with Crippen molar-refractivity contribution in [3.8, 4) is 0 Å². The molecule has 1 fully saturated rings. The predicted octanol–water partition coefficient (Wildman–Crippen LogP) is -0.0644. The molecule has 0 atom stereocenters. The Hall–Kier alpha value is 0.641. The molecular weight excluding hydrogens is 246 g/mol. The Morgan fingerprint density at radius 2 is 1.75 bits per heavy atom. The molecular formula is C10H10BF4K. The zero-order chi connectivity index (χ0) is 11.3. The van der Waals surface area contributed by atoms with Crippen LogP contribution in [0.5, 0.6) is 0 Å². The first-order chi connectivity index (χ1) is 6.83. The van der Waals surface area contributed by atoms with E-state index >= 15 is 0 Å². The molecule has 0 N–H and O–H groups in total. The van der Waals surface area contributed by atoms with E-state index in [2.05, 4.69) is 0 Å². The minimum Gasteiger partial charge on any atom is -0.445 e. The second kappa shape index (κ2) is 4.72. The fraction of sp³-hybridized carbons (Fsp3) is 0.400. The Balaban J connectivity index is 0.00000128. The van der Waals surface area contributed by atoms with E-state index in [1.807, 2.05) is 0 Å². The Morgan fingerprint density at radius 1 is 1.19 bits per heavy atom. The smallest absolute Gasteiger partial charge is 0.445 e. The largest absolute Gasteiger partial charge is 1.00 e. The van der Waals surface area contributed by atoms with Crippen LogP contribution in [0.3, 0.4) is 0 Å². The molecule has 0 saturated heterocycles. The molecule has 6 heteroatoms. The van der Waals surface area contributed by atoms with Crippen LogP contribution in [0.15, 0.2) is 18.2 Å². The predicted molar refractivity (Wildman–Crippen MR) is 51.7 cm³/mol. The van der Waals surface area contributed by atoms with Crippen LogP contribution in [-0.2, 0) is 5.41 Å². The van der Waals surface area contributed by atoms with E-state index in [0.29, 0.717) is 0 Å². The van der Waals surface area contributed by atoms with Gasteiger partial charge in [0, 0.05) is 0 Å². The first-order valence-electron chi connectivity index (χ1n) is 4.83. The maximum Gasteiger partial charge on any atom is 1.00 e. The van der Waals surface area contributed by atoms with Crippen LogP contribution in [0, 0.1) is 5.82 Å². The minimum atomic E-state index is -5.03. The monoisotopic (exact) mass is 256 g/mol. The maximum atomic E-state index is 13.3. The van der Waals surface area contributed by atoms with Gasteiger partial charge in [-0.2, -0.15) is 0 Å². The summed E-state index contributed by atoms with van der Waals surface area (Å²) in [4.78, 5) is 0. The van der Waals surface area contributed by atoms with Gasteiger partial charge in [0.05, 0.1) is 0 Å². The zero-order valence-electron chi connectivity index (χ0n) is 9.24. The third-order valence-corrected chi connectivity index (χ3v) is 3.02. The van der Waals surface area contributed by atoms with E-state index in [-0.39, 0.29) is 62.4 Å². The van der Waals surface area contributed by atoms with Gasteiger partial charge in [-0.3, -0.25) is 0 Å². The van der Waals surface area contributed by atoms with Gasteiger partial charge in [0.15, 0.2) is 0 Å². The van der Waals surface area contributed by atoms with Gasteiger partial charge in [-0.25, -0.2) is 4.39 Å². The third-order valence-electron chi connectivity index (χ3n) is 3.02. The van der Waals surface area contributed by atoms with E-state index in [4.69, 9.17) is 0 Å². The second-order valence-corrected chi connectivity index (χ2v) is 4.37. The van der Waals surface area contributed by atoms with Crippen molar-refractivity contribution in [2.45, 2.75) is 25.2 Å². The van der Waals surface area contributed by atoms with Crippen LogP contribution in [0.1, 0.15) is 25.3 Å². The topological polar surface area (TPSA) is 0 Å². The Kier molecular flexibility index (Phi) is 4.34. The summed E-state index contributed by atoms with van der Waals surface area (Å²) in [5.41, 5.74) is -0.875. The molecule has 0 radical (unpaired) electrons. The molecule has 16 heavy (non-hydrogen) atoms. The van der Waals surface area contributed by atoms with E-state index < -0.39 is 18.3 Å². The molecule has 0 heterocycles. The number of hydrogen-bond acceptors (Lipinski definition) is 0. The van der Waals surface area contributed by atoms with Gasteiger partial charge in [0.25, 0.3) is 0 Å². The van der Waals surface area contributed by atoms with E-state index in [0.717, 1.165) is 31.0 Å². The van der Waals surface area contributed by atoms with Crippen LogP contribution in [0.4, 0.5) is 17.3 Å². The van der Waals surface area contributed by atoms with Crippen molar-refractivity contribution in [2.24, 2.45) is 0 Å². The molecule has 1 aliphatic carbocycles. The molecule has 0 nitrogen and oxygen atoms in total. The summed E-state index contributed by atoms with van der Waals surface area (Å²) in [5.74, 6) is -0.529. The van der Waals surface area contributed by atoms with Crippen molar-refractivity contribution in [1.82, 2.24) is 0 Å². The molecule has 0 spiro atoms. The fourth-order valence-electron chi connectivity index (χ4n) is 1.67. The van der Waals surface area contributed by atoms with Crippen molar-refractivity contribution in [2.75, 3.05) is 0 Å². The van der Waals surface area contributed by atoms with E-state index in [9.17, 15) is 17.3 Å². The van der Waals surface area contributed by atoms with Crippen LogP contribution in [0.2, 0.25) is 0 Å². The Morgan fingerprint density at radius 3 is 2.19 bits per heavy atom. The summed E-state index contributed by atoms with van der Waals surface area (Å²) >= 11 is 0. The number of benzene rings is 1. The first-order valence-corrected chi connectivity index (χ1v) is 4.83. The van der Waals surface area contributed by atoms with Gasteiger partial charge in [0.1, 0.15) is 5.82 Å². The number of hydrogen-bond donors (Lipinski definition) is 0. The Bertz CT molecular complexity index is 398. The summed E-state index contributed by atoms with van der Waals surface area (Å²) in [5, 5.41) is 0. The van der Waals surface area contributed by atoms with Gasteiger partial charge in [-0.05, 0) is 29.9 Å². The standard InChI is InChI=1S/C10H10BF4.K/c1-10(4-5-10)8-6-7(11(13,14)15)2-3-9(8)12;/h2-3,6H,4-5H2,1H3;/q-1;+1. The summed E-state index contributed by atoms with van der Waals surface area (Å²) in [6.07, 6.45) is 1.52. The molecule has 0 aliphatic heterocycles. The minimum absolute atomic E-state index is 0. The fourth-order valence-corrected chi connectivity index (χ4v) is 1.67. The molecule has 0 bridgehead atoms. The maximum absolute atomic E-state index is 13.3. The number of halogens is 4. The first kappa shape index (κ1) is 14.7. The number of rotatable bonds is 2. The van der Waals surface area contributed by atoms with E-state index in [1.165, 1.54) is 0 Å². The molecule has 0 amide bonds. The van der Waals surface area contributed by atoms with Gasteiger partial charge >= 0.3 is 58.4 Å².